The Hall–Kier alpha value is -0.650. The Bertz CT molecular complexity index is 205. The summed E-state index contributed by atoms with van der Waals surface area (Å²) >= 11 is 0. The molecule has 0 saturated carbocycles. The zero-order valence-corrected chi connectivity index (χ0v) is 10.5. The van der Waals surface area contributed by atoms with E-state index < -0.39 is 11.5 Å². The van der Waals surface area contributed by atoms with E-state index in [4.69, 9.17) is 10.5 Å². The topological polar surface area (TPSA) is 84.6 Å². The Morgan fingerprint density at radius 2 is 2.25 bits per heavy atom. The molecule has 0 saturated heterocycles. The van der Waals surface area contributed by atoms with Crippen LogP contribution in [0, 0.1) is 5.41 Å². The van der Waals surface area contributed by atoms with Crippen molar-refractivity contribution < 1.29 is 14.6 Å². The van der Waals surface area contributed by atoms with Crippen LogP contribution in [0.15, 0.2) is 0 Å². The lowest BCUT2D eigenvalue weighted by molar-refractivity contribution is -0.130. The minimum absolute atomic E-state index is 0.0536. The summed E-state index contributed by atoms with van der Waals surface area (Å²) in [6, 6.07) is 0. The van der Waals surface area contributed by atoms with E-state index in [-0.39, 0.29) is 12.5 Å². The second-order valence-electron chi connectivity index (χ2n) is 4.27. The van der Waals surface area contributed by atoms with Crippen molar-refractivity contribution >= 4 is 5.91 Å². The fourth-order valence-corrected chi connectivity index (χ4v) is 1.24. The highest BCUT2D eigenvalue weighted by Crippen LogP contribution is 2.18. The SMILES string of the molecule is CCC(C)(CN)C(=O)NCCC(O)COC. The van der Waals surface area contributed by atoms with Gasteiger partial charge in [-0.25, -0.2) is 0 Å². The number of nitrogens with two attached hydrogens (primary N) is 1. The van der Waals surface area contributed by atoms with Gasteiger partial charge in [0.1, 0.15) is 0 Å². The van der Waals surface area contributed by atoms with Crippen molar-refractivity contribution in [3.63, 3.8) is 0 Å². The number of aliphatic hydroxyl groups excluding tert-OH is 1. The highest BCUT2D eigenvalue weighted by Gasteiger charge is 2.29. The molecule has 5 nitrogen and oxygen atoms in total. The number of carbonyl (C=O) groups excluding carboxylic acids is 1. The lowest BCUT2D eigenvalue weighted by atomic mass is 9.86. The average Bonchev–Trinajstić information content (AvgIpc) is 2.28. The molecule has 0 aliphatic carbocycles. The molecule has 16 heavy (non-hydrogen) atoms. The number of amides is 1. The highest BCUT2D eigenvalue weighted by molar-refractivity contribution is 5.82. The van der Waals surface area contributed by atoms with Crippen LogP contribution >= 0.6 is 0 Å². The summed E-state index contributed by atoms with van der Waals surface area (Å²) in [4.78, 5) is 11.8. The lowest BCUT2D eigenvalue weighted by Gasteiger charge is -2.25. The van der Waals surface area contributed by atoms with E-state index in [9.17, 15) is 9.90 Å². The number of hydrogen-bond donors (Lipinski definition) is 3. The molecular weight excluding hydrogens is 208 g/mol. The van der Waals surface area contributed by atoms with Crippen LogP contribution in [0.3, 0.4) is 0 Å². The molecule has 0 fully saturated rings. The summed E-state index contributed by atoms with van der Waals surface area (Å²) in [6.45, 7) is 4.84. The molecule has 5 heteroatoms. The molecule has 0 aromatic carbocycles. The van der Waals surface area contributed by atoms with Crippen LogP contribution in [-0.2, 0) is 9.53 Å². The van der Waals surface area contributed by atoms with Crippen LogP contribution in [0.2, 0.25) is 0 Å². The van der Waals surface area contributed by atoms with Gasteiger partial charge in [0.2, 0.25) is 5.91 Å². The second kappa shape index (κ2) is 7.60. The van der Waals surface area contributed by atoms with Crippen LogP contribution < -0.4 is 11.1 Å². The number of hydrogen-bond acceptors (Lipinski definition) is 4. The molecule has 0 aromatic rings. The van der Waals surface area contributed by atoms with Gasteiger partial charge in [0.15, 0.2) is 0 Å². The van der Waals surface area contributed by atoms with Gasteiger partial charge in [0, 0.05) is 20.2 Å². The van der Waals surface area contributed by atoms with E-state index in [1.54, 1.807) is 0 Å². The maximum atomic E-state index is 11.8. The third-order valence-corrected chi connectivity index (χ3v) is 2.90. The van der Waals surface area contributed by atoms with E-state index in [0.717, 1.165) is 0 Å². The Morgan fingerprint density at radius 1 is 1.62 bits per heavy atom. The summed E-state index contributed by atoms with van der Waals surface area (Å²) in [5.74, 6) is -0.0536. The summed E-state index contributed by atoms with van der Waals surface area (Å²) in [7, 11) is 1.53. The van der Waals surface area contributed by atoms with Crippen molar-refractivity contribution in [2.75, 3.05) is 26.8 Å². The first-order valence-corrected chi connectivity index (χ1v) is 5.65. The van der Waals surface area contributed by atoms with Crippen molar-refractivity contribution in [1.82, 2.24) is 5.32 Å². The zero-order valence-electron chi connectivity index (χ0n) is 10.5. The van der Waals surface area contributed by atoms with E-state index in [1.807, 2.05) is 13.8 Å². The van der Waals surface area contributed by atoms with Gasteiger partial charge in [-0.15, -0.1) is 0 Å². The van der Waals surface area contributed by atoms with E-state index >= 15 is 0 Å². The van der Waals surface area contributed by atoms with Crippen LogP contribution in [0.4, 0.5) is 0 Å². The summed E-state index contributed by atoms with van der Waals surface area (Å²) < 4.78 is 4.79. The molecule has 0 bridgehead atoms. The lowest BCUT2D eigenvalue weighted by Crippen LogP contribution is -2.44. The second-order valence-corrected chi connectivity index (χ2v) is 4.27. The molecule has 0 aromatic heterocycles. The normalized spacial score (nSPS) is 16.6. The van der Waals surface area contributed by atoms with Gasteiger partial charge in [0.05, 0.1) is 18.1 Å². The average molecular weight is 232 g/mol. The molecule has 2 atom stereocenters. The quantitative estimate of drug-likeness (QED) is 0.544. The van der Waals surface area contributed by atoms with Crippen molar-refractivity contribution in [2.24, 2.45) is 11.1 Å². The van der Waals surface area contributed by atoms with Crippen LogP contribution in [0.25, 0.3) is 0 Å². The Morgan fingerprint density at radius 3 is 2.69 bits per heavy atom. The van der Waals surface area contributed by atoms with Gasteiger partial charge in [0.25, 0.3) is 0 Å². The molecule has 0 aliphatic heterocycles. The molecule has 0 rings (SSSR count). The monoisotopic (exact) mass is 232 g/mol. The molecule has 4 N–H and O–H groups in total. The Kier molecular flexibility index (Phi) is 7.29. The van der Waals surface area contributed by atoms with Gasteiger partial charge in [-0.05, 0) is 19.8 Å². The number of ether oxygens (including phenoxy) is 1. The van der Waals surface area contributed by atoms with Gasteiger partial charge in [-0.2, -0.15) is 0 Å². The molecule has 0 aliphatic rings. The third kappa shape index (κ3) is 4.92. The summed E-state index contributed by atoms with van der Waals surface area (Å²) in [6.07, 6.45) is 0.663. The van der Waals surface area contributed by atoms with E-state index in [0.29, 0.717) is 25.9 Å². The maximum absolute atomic E-state index is 11.8. The molecule has 0 radical (unpaired) electrons. The van der Waals surface area contributed by atoms with Gasteiger partial charge in [-0.3, -0.25) is 4.79 Å². The maximum Gasteiger partial charge on any atom is 0.227 e. The van der Waals surface area contributed by atoms with Crippen LogP contribution in [0.1, 0.15) is 26.7 Å². The fraction of sp³-hybridized carbons (Fsp3) is 0.909. The molecule has 96 valence electrons. The predicted molar refractivity (Wildman–Crippen MR) is 63.0 cm³/mol. The van der Waals surface area contributed by atoms with Gasteiger partial charge < -0.3 is 20.9 Å². The summed E-state index contributed by atoms with van der Waals surface area (Å²) in [5.41, 5.74) is 5.06. The number of rotatable bonds is 8. The highest BCUT2D eigenvalue weighted by atomic mass is 16.5. The standard InChI is InChI=1S/C11H24N2O3/c1-4-11(2,8-12)10(15)13-6-5-9(14)7-16-3/h9,14H,4-8,12H2,1-3H3,(H,13,15). The smallest absolute Gasteiger partial charge is 0.227 e. The van der Waals surface area contributed by atoms with E-state index in [1.165, 1.54) is 7.11 Å². The Labute approximate surface area is 97.3 Å². The zero-order chi connectivity index (χ0) is 12.6. The first-order chi connectivity index (χ1) is 7.50. The first-order valence-electron chi connectivity index (χ1n) is 5.65. The third-order valence-electron chi connectivity index (χ3n) is 2.90. The molecule has 0 heterocycles. The minimum Gasteiger partial charge on any atom is -0.391 e. The molecule has 0 spiro atoms. The Balaban J connectivity index is 3.89. The van der Waals surface area contributed by atoms with Gasteiger partial charge >= 0.3 is 0 Å². The molecular formula is C11H24N2O3. The number of aliphatic hydroxyl groups is 1. The number of methoxy groups -OCH3 is 1. The van der Waals surface area contributed by atoms with Crippen LogP contribution in [-0.4, -0.2) is 43.9 Å². The van der Waals surface area contributed by atoms with E-state index in [2.05, 4.69) is 5.32 Å². The molecule has 2 unspecified atom stereocenters. The van der Waals surface area contributed by atoms with Crippen molar-refractivity contribution in [1.29, 1.82) is 0 Å². The van der Waals surface area contributed by atoms with Gasteiger partial charge in [-0.1, -0.05) is 6.92 Å². The molecule has 1 amide bonds. The first kappa shape index (κ1) is 15.3. The van der Waals surface area contributed by atoms with Crippen molar-refractivity contribution in [3.8, 4) is 0 Å². The van der Waals surface area contributed by atoms with Crippen LogP contribution in [0.5, 0.6) is 0 Å². The predicted octanol–water partition coefficient (Wildman–Crippen LogP) is -0.125. The minimum atomic E-state index is -0.531. The summed E-state index contributed by atoms with van der Waals surface area (Å²) in [5, 5.41) is 12.2. The number of nitrogens with one attached hydrogen (secondary N) is 1. The number of carbonyl (C=O) groups is 1. The van der Waals surface area contributed by atoms with Crippen molar-refractivity contribution in [2.45, 2.75) is 32.8 Å². The van der Waals surface area contributed by atoms with Crippen molar-refractivity contribution in [3.05, 3.63) is 0 Å². The fourth-order valence-electron chi connectivity index (χ4n) is 1.24. The largest absolute Gasteiger partial charge is 0.391 e.